The maximum Gasteiger partial charge on any atom is 0.407 e. The summed E-state index contributed by atoms with van der Waals surface area (Å²) in [6.45, 7) is 14.9. The Morgan fingerprint density at radius 1 is 1.17 bits per heavy atom. The van der Waals surface area contributed by atoms with Gasteiger partial charge in [0.2, 0.25) is 0 Å². The van der Waals surface area contributed by atoms with Gasteiger partial charge in [-0.15, -0.1) is 24.0 Å². The summed E-state index contributed by atoms with van der Waals surface area (Å²) in [4.78, 5) is 16.1. The summed E-state index contributed by atoms with van der Waals surface area (Å²) in [5, 5.41) is 19.8. The van der Waals surface area contributed by atoms with Gasteiger partial charge in [0.15, 0.2) is 5.96 Å². The molecular formula is C20H37IN4O4. The first-order chi connectivity index (χ1) is 12.9. The van der Waals surface area contributed by atoms with E-state index in [0.717, 1.165) is 11.3 Å². The maximum atomic E-state index is 11.6. The van der Waals surface area contributed by atoms with Crippen LogP contribution in [0.5, 0.6) is 0 Å². The van der Waals surface area contributed by atoms with Crippen LogP contribution in [0.4, 0.5) is 4.79 Å². The number of aliphatic hydroxyl groups is 1. The minimum absolute atomic E-state index is 0. The lowest BCUT2D eigenvalue weighted by atomic mass is 9.96. The van der Waals surface area contributed by atoms with E-state index in [1.807, 2.05) is 47.6 Å². The van der Waals surface area contributed by atoms with Crippen LogP contribution in [0.2, 0.25) is 0 Å². The highest BCUT2D eigenvalue weighted by Gasteiger charge is 2.27. The molecule has 8 nitrogen and oxygen atoms in total. The number of hydrogen-bond donors (Lipinski definition) is 4. The highest BCUT2D eigenvalue weighted by Crippen LogP contribution is 2.27. The van der Waals surface area contributed by atoms with Gasteiger partial charge < -0.3 is 30.2 Å². The minimum Gasteiger partial charge on any atom is -0.466 e. The number of aryl methyl sites for hydroxylation is 2. The second-order valence-electron chi connectivity index (χ2n) is 8.00. The summed E-state index contributed by atoms with van der Waals surface area (Å²) in [5.74, 6) is 2.07. The summed E-state index contributed by atoms with van der Waals surface area (Å²) < 4.78 is 10.7. The van der Waals surface area contributed by atoms with Gasteiger partial charge in [0.25, 0.3) is 0 Å². The van der Waals surface area contributed by atoms with Crippen LogP contribution in [0, 0.1) is 13.8 Å². The van der Waals surface area contributed by atoms with Crippen LogP contribution in [-0.4, -0.2) is 48.9 Å². The normalized spacial score (nSPS) is 13.9. The van der Waals surface area contributed by atoms with Crippen LogP contribution in [0.3, 0.4) is 0 Å². The third-order valence-corrected chi connectivity index (χ3v) is 3.82. The van der Waals surface area contributed by atoms with Crippen molar-refractivity contribution in [1.29, 1.82) is 0 Å². The number of carbonyl (C=O) groups is 1. The first kappa shape index (κ1) is 27.5. The van der Waals surface area contributed by atoms with Gasteiger partial charge in [-0.1, -0.05) is 0 Å². The first-order valence-electron chi connectivity index (χ1n) is 9.73. The number of nitrogens with one attached hydrogen (secondary N) is 3. The molecule has 0 aliphatic heterocycles. The van der Waals surface area contributed by atoms with Crippen LogP contribution >= 0.6 is 24.0 Å². The van der Waals surface area contributed by atoms with Gasteiger partial charge in [-0.05, 0) is 61.0 Å². The Kier molecular flexibility index (Phi) is 11.6. The Morgan fingerprint density at radius 2 is 1.79 bits per heavy atom. The molecule has 1 rings (SSSR count). The van der Waals surface area contributed by atoms with Crippen molar-refractivity contribution in [2.24, 2.45) is 4.99 Å². The molecule has 29 heavy (non-hydrogen) atoms. The topological polar surface area (TPSA) is 108 Å². The number of guanidine groups is 1. The number of ether oxygens (including phenoxy) is 1. The van der Waals surface area contributed by atoms with E-state index in [4.69, 9.17) is 9.15 Å². The van der Waals surface area contributed by atoms with Gasteiger partial charge in [-0.3, -0.25) is 0 Å². The number of hydrogen-bond acceptors (Lipinski definition) is 5. The van der Waals surface area contributed by atoms with Gasteiger partial charge in [-0.2, -0.15) is 0 Å². The van der Waals surface area contributed by atoms with Crippen molar-refractivity contribution in [2.45, 2.75) is 66.1 Å². The van der Waals surface area contributed by atoms with Gasteiger partial charge in [0, 0.05) is 25.2 Å². The highest BCUT2D eigenvalue weighted by molar-refractivity contribution is 14.0. The molecule has 0 aliphatic carbocycles. The maximum absolute atomic E-state index is 11.6. The molecule has 0 aromatic carbocycles. The van der Waals surface area contributed by atoms with E-state index in [0.29, 0.717) is 37.8 Å². The fraction of sp³-hybridized carbons (Fsp3) is 0.700. The quantitative estimate of drug-likeness (QED) is 0.180. The van der Waals surface area contributed by atoms with Gasteiger partial charge in [-0.25, -0.2) is 9.79 Å². The average molecular weight is 524 g/mol. The molecule has 1 unspecified atom stereocenters. The van der Waals surface area contributed by atoms with Crippen LogP contribution in [0.15, 0.2) is 15.5 Å². The van der Waals surface area contributed by atoms with E-state index in [2.05, 4.69) is 20.9 Å². The van der Waals surface area contributed by atoms with Crippen LogP contribution < -0.4 is 16.0 Å². The van der Waals surface area contributed by atoms with E-state index in [9.17, 15) is 9.90 Å². The molecule has 0 fully saturated rings. The van der Waals surface area contributed by atoms with Crippen LogP contribution in [0.1, 0.15) is 58.1 Å². The third-order valence-electron chi connectivity index (χ3n) is 3.82. The largest absolute Gasteiger partial charge is 0.466 e. The number of nitrogens with zero attached hydrogens (tertiary/aromatic N) is 1. The molecule has 0 saturated heterocycles. The zero-order valence-corrected chi connectivity index (χ0v) is 21.0. The van der Waals surface area contributed by atoms with Crippen molar-refractivity contribution in [3.63, 3.8) is 0 Å². The lowest BCUT2D eigenvalue weighted by molar-refractivity contribution is 0.0527. The molecule has 1 aromatic rings. The summed E-state index contributed by atoms with van der Waals surface area (Å²) in [6, 6.07) is 1.84. The molecule has 9 heteroatoms. The number of amides is 1. The molecule has 0 spiro atoms. The zero-order chi connectivity index (χ0) is 21.4. The molecule has 1 aromatic heterocycles. The van der Waals surface area contributed by atoms with Gasteiger partial charge in [0.05, 0.1) is 6.54 Å². The summed E-state index contributed by atoms with van der Waals surface area (Å²) >= 11 is 0. The monoisotopic (exact) mass is 524 g/mol. The predicted octanol–water partition coefficient (Wildman–Crippen LogP) is 3.19. The Labute approximate surface area is 191 Å². The molecule has 1 heterocycles. The fourth-order valence-electron chi connectivity index (χ4n) is 2.63. The SMILES string of the molecule is CCNC(=NCC(C)(O)c1cc(C)oc1C)NCCCNC(=O)OC(C)(C)C.I. The standard InChI is InChI=1S/C20H36N4O4.HI/c1-8-21-17(22-10-9-11-23-18(25)28-19(4,5)6)24-13-20(7,26)16-12-14(2)27-15(16)3;/h12,26H,8-11,13H2,1-7H3,(H,23,25)(H2,21,22,24);1H. The lowest BCUT2D eigenvalue weighted by Gasteiger charge is -2.22. The van der Waals surface area contributed by atoms with Gasteiger partial charge in [0.1, 0.15) is 22.7 Å². The number of aliphatic imine (C=N–C) groups is 1. The third kappa shape index (κ3) is 10.7. The summed E-state index contributed by atoms with van der Waals surface area (Å²) in [7, 11) is 0. The van der Waals surface area contributed by atoms with Crippen molar-refractivity contribution in [3.8, 4) is 0 Å². The van der Waals surface area contributed by atoms with E-state index in [1.165, 1.54) is 0 Å². The molecule has 0 saturated carbocycles. The van der Waals surface area contributed by atoms with E-state index < -0.39 is 17.3 Å². The number of carbonyl (C=O) groups excluding carboxylic acids is 1. The minimum atomic E-state index is -1.12. The first-order valence-corrected chi connectivity index (χ1v) is 9.73. The number of alkyl carbamates (subject to hydrolysis) is 1. The summed E-state index contributed by atoms with van der Waals surface area (Å²) in [6.07, 6.45) is 0.287. The molecule has 0 aliphatic rings. The van der Waals surface area contributed by atoms with E-state index >= 15 is 0 Å². The van der Waals surface area contributed by atoms with Crippen molar-refractivity contribution < 1.29 is 19.1 Å². The number of rotatable bonds is 8. The Bertz CT molecular complexity index is 666. The second kappa shape index (κ2) is 12.3. The van der Waals surface area contributed by atoms with E-state index in [1.54, 1.807) is 6.92 Å². The number of halogens is 1. The second-order valence-corrected chi connectivity index (χ2v) is 8.00. The average Bonchev–Trinajstić information content (AvgIpc) is 2.90. The molecular weight excluding hydrogens is 487 g/mol. The molecule has 0 bridgehead atoms. The van der Waals surface area contributed by atoms with Crippen LogP contribution in [-0.2, 0) is 10.3 Å². The van der Waals surface area contributed by atoms with E-state index in [-0.39, 0.29) is 30.5 Å². The molecule has 4 N–H and O–H groups in total. The zero-order valence-electron chi connectivity index (χ0n) is 18.6. The summed E-state index contributed by atoms with van der Waals surface area (Å²) in [5.41, 5.74) is -0.885. The van der Waals surface area contributed by atoms with Crippen molar-refractivity contribution in [1.82, 2.24) is 16.0 Å². The molecule has 168 valence electrons. The van der Waals surface area contributed by atoms with Crippen molar-refractivity contribution in [2.75, 3.05) is 26.2 Å². The predicted molar refractivity (Wildman–Crippen MR) is 126 cm³/mol. The number of furan rings is 1. The smallest absolute Gasteiger partial charge is 0.407 e. The van der Waals surface area contributed by atoms with Crippen LogP contribution in [0.25, 0.3) is 0 Å². The Hall–Kier alpha value is -1.49. The molecule has 1 atom stereocenters. The van der Waals surface area contributed by atoms with Crippen molar-refractivity contribution >= 4 is 36.0 Å². The van der Waals surface area contributed by atoms with Gasteiger partial charge >= 0.3 is 6.09 Å². The molecule has 1 amide bonds. The highest BCUT2D eigenvalue weighted by atomic mass is 127. The van der Waals surface area contributed by atoms with Crippen molar-refractivity contribution in [3.05, 3.63) is 23.2 Å². The fourth-order valence-corrected chi connectivity index (χ4v) is 2.63. The molecule has 0 radical (unpaired) electrons. The Balaban J connectivity index is 0.00000784. The lowest BCUT2D eigenvalue weighted by Crippen LogP contribution is -2.40. The Morgan fingerprint density at radius 3 is 2.31 bits per heavy atom.